The summed E-state index contributed by atoms with van der Waals surface area (Å²) in [7, 11) is 1.62. The molecule has 1 fully saturated rings. The van der Waals surface area contributed by atoms with Gasteiger partial charge in [-0.2, -0.15) is 0 Å². The topological polar surface area (TPSA) is 50.4 Å². The third kappa shape index (κ3) is 3.30. The van der Waals surface area contributed by atoms with Crippen molar-refractivity contribution in [3.8, 4) is 5.75 Å². The molecule has 1 aliphatic rings. The summed E-state index contributed by atoms with van der Waals surface area (Å²) in [6.07, 6.45) is 0.635. The molecule has 1 unspecified atom stereocenters. The van der Waals surface area contributed by atoms with Crippen molar-refractivity contribution in [3.63, 3.8) is 0 Å². The molecule has 1 aromatic rings. The van der Waals surface area contributed by atoms with Gasteiger partial charge in [-0.05, 0) is 69.8 Å². The highest BCUT2D eigenvalue weighted by Crippen LogP contribution is 2.34. The molecule has 4 nitrogen and oxygen atoms in total. The van der Waals surface area contributed by atoms with Gasteiger partial charge in [0.15, 0.2) is 0 Å². The number of nitrogens with one attached hydrogen (secondary N) is 2. The second kappa shape index (κ2) is 5.42. The molecule has 0 spiro atoms. The molecule has 104 valence electrons. The Morgan fingerprint density at radius 3 is 2.32 bits per heavy atom. The predicted molar refractivity (Wildman–Crippen MR) is 81.2 cm³/mol. The lowest BCUT2D eigenvalue weighted by molar-refractivity contribution is -0.120. The van der Waals surface area contributed by atoms with Crippen LogP contribution in [-0.4, -0.2) is 24.7 Å². The Hall–Kier alpha value is -0.590. The summed E-state index contributed by atoms with van der Waals surface area (Å²) in [6.45, 7) is 3.90. The van der Waals surface area contributed by atoms with E-state index < -0.39 is 0 Å². The summed E-state index contributed by atoms with van der Waals surface area (Å²) < 4.78 is 7.01. The monoisotopic (exact) mass is 390 g/mol. The zero-order valence-electron chi connectivity index (χ0n) is 11.0. The van der Waals surface area contributed by atoms with E-state index in [0.29, 0.717) is 6.42 Å². The molecular formula is C13H16Br2N2O2. The van der Waals surface area contributed by atoms with Gasteiger partial charge in [0.05, 0.1) is 27.8 Å². The minimum atomic E-state index is -0.345. The van der Waals surface area contributed by atoms with Crippen LogP contribution in [0.15, 0.2) is 21.1 Å². The lowest BCUT2D eigenvalue weighted by Gasteiger charge is -2.18. The van der Waals surface area contributed by atoms with Gasteiger partial charge in [0.2, 0.25) is 5.91 Å². The third-order valence-corrected chi connectivity index (χ3v) is 4.17. The number of hydrogen-bond donors (Lipinski definition) is 2. The minimum Gasteiger partial charge on any atom is -0.494 e. The molecule has 2 N–H and O–H groups in total. The SMILES string of the molecule is COc1c(Br)cc(CC2NC(C)(C)NC2=O)cc1Br. The lowest BCUT2D eigenvalue weighted by atomic mass is 10.1. The Bertz CT molecular complexity index is 494. The van der Waals surface area contributed by atoms with Crippen LogP contribution in [-0.2, 0) is 11.2 Å². The molecule has 19 heavy (non-hydrogen) atoms. The fourth-order valence-electron chi connectivity index (χ4n) is 2.24. The molecule has 6 heteroatoms. The number of methoxy groups -OCH3 is 1. The molecule has 1 amide bonds. The molecule has 0 aliphatic carbocycles. The van der Waals surface area contributed by atoms with Crippen LogP contribution in [0.2, 0.25) is 0 Å². The molecule has 1 heterocycles. The fourth-order valence-corrected chi connectivity index (χ4v) is 3.84. The van der Waals surface area contributed by atoms with E-state index in [-0.39, 0.29) is 17.6 Å². The molecule has 0 bridgehead atoms. The Labute approximate surface area is 129 Å². The zero-order valence-corrected chi connectivity index (χ0v) is 14.2. The van der Waals surface area contributed by atoms with Crippen molar-refractivity contribution in [3.05, 3.63) is 26.6 Å². The molecule has 1 aromatic carbocycles. The summed E-state index contributed by atoms with van der Waals surface area (Å²) >= 11 is 6.94. The Kier molecular flexibility index (Phi) is 4.23. The molecular weight excluding hydrogens is 376 g/mol. The first-order chi connectivity index (χ1) is 8.82. The van der Waals surface area contributed by atoms with Gasteiger partial charge in [-0.25, -0.2) is 0 Å². The summed E-state index contributed by atoms with van der Waals surface area (Å²) in [6, 6.07) is 3.75. The average molecular weight is 392 g/mol. The highest BCUT2D eigenvalue weighted by Gasteiger charge is 2.36. The number of hydrogen-bond acceptors (Lipinski definition) is 3. The summed E-state index contributed by atoms with van der Waals surface area (Å²) in [4.78, 5) is 11.9. The smallest absolute Gasteiger partial charge is 0.238 e. The Balaban J connectivity index is 2.19. The van der Waals surface area contributed by atoms with Crippen molar-refractivity contribution in [1.82, 2.24) is 10.6 Å². The van der Waals surface area contributed by atoms with Crippen LogP contribution < -0.4 is 15.4 Å². The van der Waals surface area contributed by atoms with E-state index in [9.17, 15) is 4.79 Å². The molecule has 1 atom stereocenters. The number of rotatable bonds is 3. The third-order valence-electron chi connectivity index (χ3n) is 2.99. The number of ether oxygens (including phenoxy) is 1. The minimum absolute atomic E-state index is 0.0352. The number of carbonyl (C=O) groups excluding carboxylic acids is 1. The standard InChI is InChI=1S/C13H16Br2N2O2/c1-13(2)16-10(12(18)17-13)6-7-4-8(14)11(19-3)9(15)5-7/h4-5,10,16H,6H2,1-3H3,(H,17,18). The van der Waals surface area contributed by atoms with Gasteiger partial charge in [0.25, 0.3) is 0 Å². The summed E-state index contributed by atoms with van der Waals surface area (Å²) in [5.41, 5.74) is 0.716. The van der Waals surface area contributed by atoms with Gasteiger partial charge in [0.1, 0.15) is 5.75 Å². The van der Waals surface area contributed by atoms with E-state index >= 15 is 0 Å². The molecule has 1 saturated heterocycles. The maximum Gasteiger partial charge on any atom is 0.238 e. The first kappa shape index (κ1) is 14.8. The largest absolute Gasteiger partial charge is 0.494 e. The number of halogens is 2. The quantitative estimate of drug-likeness (QED) is 0.832. The van der Waals surface area contributed by atoms with Gasteiger partial charge < -0.3 is 10.1 Å². The van der Waals surface area contributed by atoms with E-state index in [1.165, 1.54) is 0 Å². The van der Waals surface area contributed by atoms with Crippen LogP contribution in [0.3, 0.4) is 0 Å². The number of benzene rings is 1. The van der Waals surface area contributed by atoms with Gasteiger partial charge in [0, 0.05) is 0 Å². The predicted octanol–water partition coefficient (Wildman–Crippen LogP) is 2.59. The second-order valence-electron chi connectivity index (χ2n) is 5.11. The maximum absolute atomic E-state index is 11.9. The van der Waals surface area contributed by atoms with E-state index in [4.69, 9.17) is 4.74 Å². The van der Waals surface area contributed by atoms with Crippen LogP contribution in [0.4, 0.5) is 0 Å². The fraction of sp³-hybridized carbons (Fsp3) is 0.462. The van der Waals surface area contributed by atoms with Crippen molar-refractivity contribution >= 4 is 37.8 Å². The van der Waals surface area contributed by atoms with Gasteiger partial charge in [-0.1, -0.05) is 0 Å². The summed E-state index contributed by atoms with van der Waals surface area (Å²) in [5.74, 6) is 0.793. The molecule has 0 saturated carbocycles. The maximum atomic E-state index is 11.9. The van der Waals surface area contributed by atoms with Crippen LogP contribution in [0.25, 0.3) is 0 Å². The van der Waals surface area contributed by atoms with Crippen LogP contribution in [0, 0.1) is 0 Å². The molecule has 1 aliphatic heterocycles. The van der Waals surface area contributed by atoms with Crippen molar-refractivity contribution in [2.75, 3.05) is 7.11 Å². The van der Waals surface area contributed by atoms with E-state index in [1.54, 1.807) is 7.11 Å². The molecule has 0 radical (unpaired) electrons. The van der Waals surface area contributed by atoms with Crippen LogP contribution in [0.5, 0.6) is 5.75 Å². The zero-order chi connectivity index (χ0) is 14.2. The van der Waals surface area contributed by atoms with Crippen molar-refractivity contribution in [2.45, 2.75) is 32.0 Å². The Morgan fingerprint density at radius 2 is 1.89 bits per heavy atom. The van der Waals surface area contributed by atoms with E-state index in [1.807, 2.05) is 26.0 Å². The van der Waals surface area contributed by atoms with Gasteiger partial charge in [-0.15, -0.1) is 0 Å². The number of carbonyl (C=O) groups is 1. The van der Waals surface area contributed by atoms with E-state index in [2.05, 4.69) is 42.5 Å². The van der Waals surface area contributed by atoms with Crippen LogP contribution >= 0.6 is 31.9 Å². The summed E-state index contributed by atoms with van der Waals surface area (Å²) in [5, 5.41) is 6.19. The lowest BCUT2D eigenvalue weighted by Crippen LogP contribution is -2.44. The first-order valence-corrected chi connectivity index (χ1v) is 7.52. The van der Waals surface area contributed by atoms with Gasteiger partial charge in [-0.3, -0.25) is 10.1 Å². The Morgan fingerprint density at radius 1 is 1.32 bits per heavy atom. The normalized spacial score (nSPS) is 21.3. The van der Waals surface area contributed by atoms with E-state index in [0.717, 1.165) is 20.3 Å². The number of amides is 1. The van der Waals surface area contributed by atoms with Gasteiger partial charge >= 0.3 is 0 Å². The van der Waals surface area contributed by atoms with Crippen molar-refractivity contribution in [2.24, 2.45) is 0 Å². The molecule has 2 rings (SSSR count). The van der Waals surface area contributed by atoms with Crippen molar-refractivity contribution in [1.29, 1.82) is 0 Å². The highest BCUT2D eigenvalue weighted by atomic mass is 79.9. The second-order valence-corrected chi connectivity index (χ2v) is 6.82. The highest BCUT2D eigenvalue weighted by molar-refractivity contribution is 9.11. The average Bonchev–Trinajstić information content (AvgIpc) is 2.51. The van der Waals surface area contributed by atoms with Crippen molar-refractivity contribution < 1.29 is 9.53 Å². The van der Waals surface area contributed by atoms with Crippen LogP contribution in [0.1, 0.15) is 19.4 Å². The first-order valence-electron chi connectivity index (χ1n) is 5.94. The molecule has 0 aromatic heterocycles.